The molecule has 0 aliphatic heterocycles. The molecule has 0 aliphatic carbocycles. The van der Waals surface area contributed by atoms with E-state index in [1.165, 1.54) is 11.1 Å². The van der Waals surface area contributed by atoms with Crippen molar-refractivity contribution in [3.63, 3.8) is 0 Å². The molecule has 0 radical (unpaired) electrons. The molecule has 0 spiro atoms. The first-order valence-corrected chi connectivity index (χ1v) is 6.75. The van der Waals surface area contributed by atoms with Gasteiger partial charge in [-0.3, -0.25) is 0 Å². The fraction of sp³-hybridized carbons (Fsp3) is 0.167. The van der Waals surface area contributed by atoms with Gasteiger partial charge in [0.1, 0.15) is 12.9 Å². The molecule has 0 saturated heterocycles. The molecule has 0 N–H and O–H groups in total. The topological polar surface area (TPSA) is 29.7 Å². The van der Waals surface area contributed by atoms with Gasteiger partial charge >= 0.3 is 0 Å². The number of hydrogen-bond donors (Lipinski definition) is 0. The zero-order valence-corrected chi connectivity index (χ0v) is 12.0. The third kappa shape index (κ3) is 2.68. The Balaban J connectivity index is 1.97. The van der Waals surface area contributed by atoms with Gasteiger partial charge in [0, 0.05) is 39.3 Å². The van der Waals surface area contributed by atoms with E-state index in [0.717, 1.165) is 16.8 Å². The summed E-state index contributed by atoms with van der Waals surface area (Å²) < 4.78 is 24.0. The summed E-state index contributed by atoms with van der Waals surface area (Å²) >= 11 is 0. The third-order valence-corrected chi connectivity index (χ3v) is 3.54. The molecule has 2 heterocycles. The Bertz CT molecular complexity index is 871. The minimum absolute atomic E-state index is 0.132. The number of nitrogens with zero attached hydrogens (tertiary/aromatic N) is 3. The van der Waals surface area contributed by atoms with Crippen molar-refractivity contribution in [2.75, 3.05) is 0 Å². The average molecular weight is 279 g/mol. The van der Waals surface area contributed by atoms with Crippen LogP contribution in [-0.2, 0) is 7.05 Å². The van der Waals surface area contributed by atoms with Crippen LogP contribution in [0.2, 0.25) is 0 Å². The van der Waals surface area contributed by atoms with E-state index in [0.29, 0.717) is 0 Å². The lowest BCUT2D eigenvalue weighted by Gasteiger charge is -2.06. The Kier molecular flexibility index (Phi) is 2.65. The SMILES string of the molecule is [2H]C([2H])([2H])c1ncc(-c2ccc(-c3ccccc3C)[n+](C)c2)cn1. The van der Waals surface area contributed by atoms with Crippen molar-refractivity contribution >= 4 is 0 Å². The van der Waals surface area contributed by atoms with Gasteiger partial charge in [0.05, 0.1) is 0 Å². The summed E-state index contributed by atoms with van der Waals surface area (Å²) in [5.41, 5.74) is 5.23. The zero-order chi connectivity index (χ0) is 17.3. The maximum Gasteiger partial charge on any atom is 0.212 e. The number of aromatic nitrogens is 3. The highest BCUT2D eigenvalue weighted by molar-refractivity contribution is 5.65. The number of benzene rings is 1. The van der Waals surface area contributed by atoms with E-state index >= 15 is 0 Å². The molecular weight excluding hydrogens is 258 g/mol. The van der Waals surface area contributed by atoms with Crippen molar-refractivity contribution in [1.29, 1.82) is 0 Å². The van der Waals surface area contributed by atoms with Crippen LogP contribution in [0.3, 0.4) is 0 Å². The highest BCUT2D eigenvalue weighted by Gasteiger charge is 2.13. The first-order chi connectivity index (χ1) is 11.4. The van der Waals surface area contributed by atoms with Gasteiger partial charge in [0.15, 0.2) is 6.20 Å². The summed E-state index contributed by atoms with van der Waals surface area (Å²) in [6.45, 7) is -0.192. The standard InChI is InChI=1S/C18H18N3/c1-13-6-4-5-7-17(13)18-9-8-15(12-21(18)3)16-10-19-14(2)20-11-16/h4-12H,1-3H3/q+1/i2D3. The van der Waals surface area contributed by atoms with E-state index < -0.39 is 6.85 Å². The number of rotatable bonds is 2. The summed E-state index contributed by atoms with van der Waals surface area (Å²) in [5, 5.41) is 0. The maximum absolute atomic E-state index is 7.33. The molecule has 0 fully saturated rings. The molecule has 0 atom stereocenters. The molecule has 0 amide bonds. The molecule has 3 nitrogen and oxygen atoms in total. The molecule has 0 bridgehead atoms. The van der Waals surface area contributed by atoms with E-state index in [1.54, 1.807) is 12.4 Å². The predicted octanol–water partition coefficient (Wildman–Crippen LogP) is 3.25. The Morgan fingerprint density at radius 2 is 1.76 bits per heavy atom. The van der Waals surface area contributed by atoms with Gasteiger partial charge in [-0.2, -0.15) is 0 Å². The zero-order valence-electron chi connectivity index (χ0n) is 15.0. The Labute approximate surface area is 129 Å². The van der Waals surface area contributed by atoms with Crippen molar-refractivity contribution in [2.24, 2.45) is 7.05 Å². The van der Waals surface area contributed by atoms with Gasteiger partial charge in [-0.15, -0.1) is 0 Å². The molecule has 104 valence electrons. The largest absolute Gasteiger partial charge is 0.241 e. The minimum Gasteiger partial charge on any atom is -0.241 e. The van der Waals surface area contributed by atoms with Crippen molar-refractivity contribution in [3.8, 4) is 22.4 Å². The molecule has 3 aromatic rings. The molecule has 3 rings (SSSR count). The molecule has 0 aliphatic rings. The fourth-order valence-corrected chi connectivity index (χ4v) is 2.40. The molecular formula is C18H18N3+. The predicted molar refractivity (Wildman–Crippen MR) is 83.6 cm³/mol. The number of pyridine rings is 1. The van der Waals surface area contributed by atoms with E-state index in [1.807, 2.05) is 31.4 Å². The minimum atomic E-state index is -2.28. The van der Waals surface area contributed by atoms with Gasteiger partial charge in [0.2, 0.25) is 5.69 Å². The lowest BCUT2D eigenvalue weighted by atomic mass is 10.0. The molecule has 0 unspecified atom stereocenters. The average Bonchev–Trinajstić information content (AvgIpc) is 2.55. The summed E-state index contributed by atoms with van der Waals surface area (Å²) in [6, 6.07) is 12.3. The summed E-state index contributed by atoms with van der Waals surface area (Å²) in [5.74, 6) is -0.132. The molecule has 0 saturated carbocycles. The van der Waals surface area contributed by atoms with Crippen LogP contribution in [0.25, 0.3) is 22.4 Å². The highest BCUT2D eigenvalue weighted by Crippen LogP contribution is 2.22. The quantitative estimate of drug-likeness (QED) is 0.674. The number of hydrogen-bond acceptors (Lipinski definition) is 2. The van der Waals surface area contributed by atoms with E-state index in [9.17, 15) is 0 Å². The first-order valence-electron chi connectivity index (χ1n) is 8.25. The van der Waals surface area contributed by atoms with Crippen molar-refractivity contribution < 1.29 is 8.68 Å². The van der Waals surface area contributed by atoms with Crippen LogP contribution >= 0.6 is 0 Å². The first kappa shape index (κ1) is 10.2. The lowest BCUT2D eigenvalue weighted by Crippen LogP contribution is -2.30. The lowest BCUT2D eigenvalue weighted by molar-refractivity contribution is -0.659. The van der Waals surface area contributed by atoms with Gasteiger partial charge in [-0.05, 0) is 31.5 Å². The Morgan fingerprint density at radius 1 is 1.00 bits per heavy atom. The Morgan fingerprint density at radius 3 is 2.43 bits per heavy atom. The van der Waals surface area contributed by atoms with Crippen LogP contribution in [-0.4, -0.2) is 9.97 Å². The molecule has 2 aromatic heterocycles. The van der Waals surface area contributed by atoms with Gasteiger partial charge in [-0.1, -0.05) is 18.2 Å². The highest BCUT2D eigenvalue weighted by atomic mass is 14.9. The van der Waals surface area contributed by atoms with Crippen molar-refractivity contribution in [3.05, 3.63) is 66.4 Å². The molecule has 21 heavy (non-hydrogen) atoms. The third-order valence-electron chi connectivity index (χ3n) is 3.54. The molecule has 3 heteroatoms. The van der Waals surface area contributed by atoms with Crippen molar-refractivity contribution in [1.82, 2.24) is 9.97 Å². The summed E-state index contributed by atoms with van der Waals surface area (Å²) in [4.78, 5) is 7.94. The van der Waals surface area contributed by atoms with Gasteiger partial charge < -0.3 is 0 Å². The van der Waals surface area contributed by atoms with Crippen LogP contribution < -0.4 is 4.57 Å². The van der Waals surface area contributed by atoms with E-state index in [4.69, 9.17) is 4.11 Å². The second kappa shape index (κ2) is 5.44. The maximum atomic E-state index is 7.33. The van der Waals surface area contributed by atoms with Gasteiger partial charge in [0.25, 0.3) is 0 Å². The summed E-state index contributed by atoms with van der Waals surface area (Å²) in [7, 11) is 1.99. The second-order valence-electron chi connectivity index (χ2n) is 5.02. The van der Waals surface area contributed by atoms with Crippen LogP contribution in [0.5, 0.6) is 0 Å². The smallest absolute Gasteiger partial charge is 0.212 e. The van der Waals surface area contributed by atoms with Crippen LogP contribution in [0.4, 0.5) is 0 Å². The fourth-order valence-electron chi connectivity index (χ4n) is 2.40. The Hall–Kier alpha value is -2.55. The van der Waals surface area contributed by atoms with E-state index in [2.05, 4.69) is 39.7 Å². The summed E-state index contributed by atoms with van der Waals surface area (Å²) in [6.07, 6.45) is 5.10. The monoisotopic (exact) mass is 279 g/mol. The molecule has 1 aromatic carbocycles. The van der Waals surface area contributed by atoms with Crippen LogP contribution in [0.1, 0.15) is 15.5 Å². The number of aryl methyl sites for hydroxylation is 3. The van der Waals surface area contributed by atoms with Crippen molar-refractivity contribution in [2.45, 2.75) is 13.8 Å². The normalized spacial score (nSPS) is 13.3. The van der Waals surface area contributed by atoms with E-state index in [-0.39, 0.29) is 5.82 Å². The second-order valence-corrected chi connectivity index (χ2v) is 5.02. The van der Waals surface area contributed by atoms with Crippen LogP contribution in [0.15, 0.2) is 55.0 Å². The van der Waals surface area contributed by atoms with Crippen LogP contribution in [0, 0.1) is 13.8 Å². The van der Waals surface area contributed by atoms with Gasteiger partial charge in [-0.25, -0.2) is 14.5 Å².